The number of aliphatic hydroxyl groups excluding tert-OH is 1. The summed E-state index contributed by atoms with van der Waals surface area (Å²) < 4.78 is 0. The highest BCUT2D eigenvalue weighted by Gasteiger charge is 2.28. The predicted octanol–water partition coefficient (Wildman–Crippen LogP) is 3.13. The summed E-state index contributed by atoms with van der Waals surface area (Å²) in [5.74, 6) is 6.09. The van der Waals surface area contributed by atoms with Crippen LogP contribution in [0.15, 0.2) is 11.4 Å². The summed E-state index contributed by atoms with van der Waals surface area (Å²) in [6.07, 6.45) is 4.70. The average molecular weight is 305 g/mol. The number of carbonyl (C=O) groups is 1. The van der Waals surface area contributed by atoms with Crippen molar-refractivity contribution in [1.29, 1.82) is 0 Å². The maximum atomic E-state index is 12.8. The fourth-order valence-corrected chi connectivity index (χ4v) is 3.56. The molecule has 114 valence electrons. The summed E-state index contributed by atoms with van der Waals surface area (Å²) in [7, 11) is 0. The Bertz CT molecular complexity index is 532. The molecular formula is C17H23NO2S. The average Bonchev–Trinajstić information content (AvgIpc) is 3.12. The lowest BCUT2D eigenvalue weighted by molar-refractivity contribution is 0.0656. The molecule has 0 aliphatic heterocycles. The van der Waals surface area contributed by atoms with Gasteiger partial charge in [0.05, 0.1) is 10.4 Å². The van der Waals surface area contributed by atoms with Crippen molar-refractivity contribution in [2.75, 3.05) is 13.2 Å². The number of thiophene rings is 1. The highest BCUT2D eigenvalue weighted by atomic mass is 32.1. The van der Waals surface area contributed by atoms with E-state index in [0.717, 1.165) is 29.8 Å². The van der Waals surface area contributed by atoms with E-state index < -0.39 is 0 Å². The number of amides is 1. The van der Waals surface area contributed by atoms with E-state index in [4.69, 9.17) is 5.11 Å². The van der Waals surface area contributed by atoms with Gasteiger partial charge < -0.3 is 10.0 Å². The van der Waals surface area contributed by atoms with Crippen molar-refractivity contribution in [1.82, 2.24) is 4.90 Å². The summed E-state index contributed by atoms with van der Waals surface area (Å²) in [4.78, 5) is 15.7. The van der Waals surface area contributed by atoms with Gasteiger partial charge in [0.1, 0.15) is 6.61 Å². The topological polar surface area (TPSA) is 40.5 Å². The molecule has 0 unspecified atom stereocenters. The first-order valence-corrected chi connectivity index (χ1v) is 8.49. The van der Waals surface area contributed by atoms with Crippen LogP contribution in [-0.4, -0.2) is 35.1 Å². The second kappa shape index (κ2) is 7.63. The molecule has 0 bridgehead atoms. The third kappa shape index (κ3) is 4.33. The van der Waals surface area contributed by atoms with E-state index in [1.807, 2.05) is 11.4 Å². The number of carbonyl (C=O) groups excluding carboxylic acids is 1. The molecule has 0 spiro atoms. The van der Waals surface area contributed by atoms with Crippen molar-refractivity contribution in [3.63, 3.8) is 0 Å². The van der Waals surface area contributed by atoms with E-state index in [1.165, 1.54) is 24.2 Å². The largest absolute Gasteiger partial charge is 0.384 e. The van der Waals surface area contributed by atoms with Gasteiger partial charge in [-0.1, -0.05) is 38.5 Å². The van der Waals surface area contributed by atoms with Gasteiger partial charge in [-0.05, 0) is 24.8 Å². The first-order valence-electron chi connectivity index (χ1n) is 7.61. The van der Waals surface area contributed by atoms with Crippen LogP contribution in [0, 0.1) is 17.8 Å². The van der Waals surface area contributed by atoms with Gasteiger partial charge in [-0.3, -0.25) is 4.79 Å². The Morgan fingerprint density at radius 3 is 2.81 bits per heavy atom. The van der Waals surface area contributed by atoms with Gasteiger partial charge >= 0.3 is 0 Å². The van der Waals surface area contributed by atoms with Crippen molar-refractivity contribution >= 4 is 17.2 Å². The Balaban J connectivity index is 2.14. The summed E-state index contributed by atoms with van der Waals surface area (Å²) in [6.45, 7) is 4.97. The van der Waals surface area contributed by atoms with Crippen molar-refractivity contribution in [3.05, 3.63) is 21.9 Å². The molecule has 1 aliphatic carbocycles. The monoisotopic (exact) mass is 305 g/mol. The zero-order valence-corrected chi connectivity index (χ0v) is 13.6. The summed E-state index contributed by atoms with van der Waals surface area (Å²) in [6, 6.07) is 2.24. The Morgan fingerprint density at radius 2 is 2.19 bits per heavy atom. The molecular weight excluding hydrogens is 282 g/mol. The fourth-order valence-electron chi connectivity index (χ4n) is 2.81. The first-order chi connectivity index (χ1) is 10.1. The van der Waals surface area contributed by atoms with Crippen LogP contribution >= 0.6 is 11.3 Å². The Hall–Kier alpha value is -1.31. The Kier molecular flexibility index (Phi) is 5.84. The van der Waals surface area contributed by atoms with Gasteiger partial charge in [0.15, 0.2) is 0 Å². The molecule has 2 rings (SSSR count). The summed E-state index contributed by atoms with van der Waals surface area (Å²) in [5, 5.41) is 10.6. The zero-order chi connectivity index (χ0) is 15.2. The molecule has 4 heteroatoms. The first kappa shape index (κ1) is 16.1. The molecule has 1 fully saturated rings. The number of hydrogen-bond donors (Lipinski definition) is 1. The molecule has 1 aromatic heterocycles. The van der Waals surface area contributed by atoms with Crippen LogP contribution in [0.3, 0.4) is 0 Å². The molecule has 0 atom stereocenters. The van der Waals surface area contributed by atoms with Gasteiger partial charge in [0, 0.05) is 18.0 Å². The third-order valence-corrected chi connectivity index (χ3v) is 4.57. The second-order valence-corrected chi connectivity index (χ2v) is 6.86. The Morgan fingerprint density at radius 1 is 1.48 bits per heavy atom. The van der Waals surface area contributed by atoms with Gasteiger partial charge in [0.2, 0.25) is 0 Å². The number of hydrogen-bond acceptors (Lipinski definition) is 3. The molecule has 0 saturated heterocycles. The van der Waals surface area contributed by atoms with Gasteiger partial charge in [-0.15, -0.1) is 11.3 Å². The third-order valence-electron chi connectivity index (χ3n) is 3.73. The van der Waals surface area contributed by atoms with Crippen LogP contribution < -0.4 is 0 Å². The van der Waals surface area contributed by atoms with Crippen LogP contribution in [0.1, 0.15) is 54.8 Å². The van der Waals surface area contributed by atoms with Crippen LogP contribution in [0.2, 0.25) is 0 Å². The van der Waals surface area contributed by atoms with E-state index in [9.17, 15) is 4.79 Å². The SMILES string of the molecule is CC(C)CN(C(=O)c1csc(C#CCO)c1)C1CCCC1. The molecule has 1 heterocycles. The second-order valence-electron chi connectivity index (χ2n) is 5.95. The molecule has 3 nitrogen and oxygen atoms in total. The van der Waals surface area contributed by atoms with Crippen LogP contribution in [-0.2, 0) is 0 Å². The zero-order valence-electron chi connectivity index (χ0n) is 12.8. The molecule has 1 amide bonds. The van der Waals surface area contributed by atoms with Crippen molar-refractivity contribution < 1.29 is 9.90 Å². The summed E-state index contributed by atoms with van der Waals surface area (Å²) >= 11 is 1.46. The lowest BCUT2D eigenvalue weighted by atomic mass is 10.1. The van der Waals surface area contributed by atoms with Crippen LogP contribution in [0.4, 0.5) is 0 Å². The van der Waals surface area contributed by atoms with Crippen molar-refractivity contribution in [2.45, 2.75) is 45.6 Å². The molecule has 21 heavy (non-hydrogen) atoms. The number of nitrogens with zero attached hydrogens (tertiary/aromatic N) is 1. The fraction of sp³-hybridized carbons (Fsp3) is 0.588. The number of aliphatic hydroxyl groups is 1. The van der Waals surface area contributed by atoms with Crippen molar-refractivity contribution in [2.24, 2.45) is 5.92 Å². The van der Waals surface area contributed by atoms with Gasteiger partial charge in [-0.25, -0.2) is 0 Å². The summed E-state index contributed by atoms with van der Waals surface area (Å²) in [5.41, 5.74) is 0.731. The molecule has 0 aromatic carbocycles. The van der Waals surface area contributed by atoms with E-state index >= 15 is 0 Å². The minimum absolute atomic E-state index is 0.129. The van der Waals surface area contributed by atoms with Crippen molar-refractivity contribution in [3.8, 4) is 11.8 Å². The van der Waals surface area contributed by atoms with E-state index in [0.29, 0.717) is 12.0 Å². The minimum Gasteiger partial charge on any atom is -0.384 e. The molecule has 1 N–H and O–H groups in total. The number of rotatable bonds is 4. The standard InChI is InChI=1S/C17H23NO2S/c1-13(2)11-18(15-6-3-4-7-15)17(20)14-10-16(21-12-14)8-5-9-19/h10,12-13,15,19H,3-4,6-7,9,11H2,1-2H3. The minimum atomic E-state index is -0.150. The molecule has 1 aliphatic rings. The Labute approximate surface area is 131 Å². The van der Waals surface area contributed by atoms with Gasteiger partial charge in [-0.2, -0.15) is 0 Å². The maximum Gasteiger partial charge on any atom is 0.255 e. The lowest BCUT2D eigenvalue weighted by Crippen LogP contribution is -2.41. The van der Waals surface area contributed by atoms with Gasteiger partial charge in [0.25, 0.3) is 5.91 Å². The normalized spacial score (nSPS) is 15.0. The quantitative estimate of drug-likeness (QED) is 0.868. The molecule has 1 aromatic rings. The maximum absolute atomic E-state index is 12.8. The highest BCUT2D eigenvalue weighted by Crippen LogP contribution is 2.26. The molecule has 0 radical (unpaired) electrons. The smallest absolute Gasteiger partial charge is 0.255 e. The van der Waals surface area contributed by atoms with Crippen LogP contribution in [0.5, 0.6) is 0 Å². The van der Waals surface area contributed by atoms with E-state index in [2.05, 4.69) is 30.6 Å². The molecule has 1 saturated carbocycles. The van der Waals surface area contributed by atoms with E-state index in [-0.39, 0.29) is 12.5 Å². The predicted molar refractivity (Wildman–Crippen MR) is 86.4 cm³/mol. The lowest BCUT2D eigenvalue weighted by Gasteiger charge is -2.30. The van der Waals surface area contributed by atoms with Crippen LogP contribution in [0.25, 0.3) is 0 Å². The van der Waals surface area contributed by atoms with E-state index in [1.54, 1.807) is 0 Å². The highest BCUT2D eigenvalue weighted by molar-refractivity contribution is 7.10.